The molecule has 0 unspecified atom stereocenters. The van der Waals surface area contributed by atoms with Gasteiger partial charge in [-0.3, -0.25) is 9.69 Å². The van der Waals surface area contributed by atoms with E-state index in [-0.39, 0.29) is 12.2 Å². The highest BCUT2D eigenvalue weighted by Crippen LogP contribution is 2.29. The summed E-state index contributed by atoms with van der Waals surface area (Å²) in [6.45, 7) is 8.47. The van der Waals surface area contributed by atoms with Gasteiger partial charge < -0.3 is 20.2 Å². The summed E-state index contributed by atoms with van der Waals surface area (Å²) in [4.78, 5) is 28.4. The zero-order valence-corrected chi connectivity index (χ0v) is 20.9. The maximum Gasteiger partial charge on any atom is 0.261 e. The fourth-order valence-corrected chi connectivity index (χ4v) is 4.99. The molecule has 0 saturated carbocycles. The number of nitrogens with zero attached hydrogens (tertiary/aromatic N) is 3. The predicted molar refractivity (Wildman–Crippen MR) is 145 cm³/mol. The van der Waals surface area contributed by atoms with Crippen LogP contribution in [-0.2, 0) is 6.42 Å². The minimum Gasteiger partial charge on any atom is -0.384 e. The largest absolute Gasteiger partial charge is 0.384 e. The average Bonchev–Trinajstić information content (AvgIpc) is 3.29. The third-order valence-electron chi connectivity index (χ3n) is 6.91. The lowest BCUT2D eigenvalue weighted by molar-refractivity contribution is 0.235. The summed E-state index contributed by atoms with van der Waals surface area (Å²) in [5.41, 5.74) is 7.52. The fourth-order valence-electron chi connectivity index (χ4n) is 4.99. The molecule has 36 heavy (non-hydrogen) atoms. The van der Waals surface area contributed by atoms with Crippen LogP contribution in [0.15, 0.2) is 53.5 Å². The van der Waals surface area contributed by atoms with Crippen LogP contribution in [-0.4, -0.2) is 65.8 Å². The Hall–Kier alpha value is -3.65. The lowest BCUT2D eigenvalue weighted by Gasteiger charge is -2.35. The number of rotatable bonds is 8. The smallest absolute Gasteiger partial charge is 0.261 e. The van der Waals surface area contributed by atoms with E-state index in [1.807, 2.05) is 13.0 Å². The molecule has 3 heterocycles. The molecule has 2 aromatic carbocycles. The molecule has 188 valence electrons. The van der Waals surface area contributed by atoms with Crippen LogP contribution >= 0.6 is 0 Å². The van der Waals surface area contributed by atoms with Crippen molar-refractivity contribution in [3.63, 3.8) is 0 Å². The minimum absolute atomic E-state index is 0.184. The van der Waals surface area contributed by atoms with Gasteiger partial charge in [0.2, 0.25) is 0 Å². The van der Waals surface area contributed by atoms with Gasteiger partial charge in [-0.2, -0.15) is 0 Å². The Morgan fingerprint density at radius 1 is 1.08 bits per heavy atom. The third kappa shape index (κ3) is 5.14. The second kappa shape index (κ2) is 10.5. The summed E-state index contributed by atoms with van der Waals surface area (Å²) in [5.74, 6) is 0.554. The van der Waals surface area contributed by atoms with Crippen molar-refractivity contribution >= 4 is 22.4 Å². The molecule has 7 nitrogen and oxygen atoms in total. The average molecular weight is 489 g/mol. The molecule has 2 aromatic heterocycles. The summed E-state index contributed by atoms with van der Waals surface area (Å²) in [6.07, 6.45) is 2.52. The van der Waals surface area contributed by atoms with Crippen molar-refractivity contribution < 1.29 is 4.39 Å². The van der Waals surface area contributed by atoms with Gasteiger partial charge in [0.05, 0.1) is 16.7 Å². The van der Waals surface area contributed by atoms with Crippen molar-refractivity contribution in [2.75, 3.05) is 56.2 Å². The lowest BCUT2D eigenvalue weighted by Crippen LogP contribution is -2.47. The van der Waals surface area contributed by atoms with Crippen LogP contribution in [0.3, 0.4) is 0 Å². The zero-order valence-electron chi connectivity index (χ0n) is 20.9. The number of piperazine rings is 1. The first-order valence-corrected chi connectivity index (χ1v) is 12.6. The molecule has 1 saturated heterocycles. The quantitative estimate of drug-likeness (QED) is 0.345. The van der Waals surface area contributed by atoms with E-state index in [0.717, 1.165) is 60.6 Å². The van der Waals surface area contributed by atoms with Crippen molar-refractivity contribution in [2.45, 2.75) is 20.3 Å². The Morgan fingerprint density at radius 3 is 2.69 bits per heavy atom. The van der Waals surface area contributed by atoms with E-state index >= 15 is 0 Å². The van der Waals surface area contributed by atoms with Gasteiger partial charge in [-0.1, -0.05) is 29.8 Å². The molecule has 1 fully saturated rings. The van der Waals surface area contributed by atoms with Gasteiger partial charge in [0.25, 0.3) is 5.56 Å². The van der Waals surface area contributed by atoms with Gasteiger partial charge in [0.1, 0.15) is 18.1 Å². The van der Waals surface area contributed by atoms with E-state index in [9.17, 15) is 9.18 Å². The molecule has 3 N–H and O–H groups in total. The molecule has 8 heteroatoms. The number of H-pyrrole nitrogens is 2. The highest BCUT2D eigenvalue weighted by atomic mass is 19.1. The minimum atomic E-state index is -0.302. The first-order chi connectivity index (χ1) is 17.5. The molecule has 0 amide bonds. The maximum absolute atomic E-state index is 12.9. The number of alkyl halides is 1. The number of hydrogen-bond donors (Lipinski definition) is 3. The normalized spacial score (nSPS) is 14.5. The number of halogens is 1. The Labute approximate surface area is 210 Å². The van der Waals surface area contributed by atoms with E-state index in [0.29, 0.717) is 24.5 Å². The van der Waals surface area contributed by atoms with Crippen molar-refractivity contribution in [1.29, 1.82) is 0 Å². The van der Waals surface area contributed by atoms with Gasteiger partial charge in [-0.25, -0.2) is 9.37 Å². The van der Waals surface area contributed by atoms with Gasteiger partial charge in [0.15, 0.2) is 0 Å². The van der Waals surface area contributed by atoms with E-state index in [4.69, 9.17) is 4.98 Å². The van der Waals surface area contributed by atoms with Crippen LogP contribution in [0, 0.1) is 13.8 Å². The second-order valence-corrected chi connectivity index (χ2v) is 9.52. The number of anilines is 2. The topological polar surface area (TPSA) is 80.1 Å². The van der Waals surface area contributed by atoms with Crippen LogP contribution in [0.25, 0.3) is 22.4 Å². The van der Waals surface area contributed by atoms with Gasteiger partial charge in [0, 0.05) is 51.2 Å². The number of aryl methyl sites for hydroxylation is 2. The molecular formula is C28H33FN6O. The highest BCUT2D eigenvalue weighted by molar-refractivity contribution is 5.87. The third-order valence-corrected chi connectivity index (χ3v) is 6.91. The number of imidazole rings is 1. The SMILES string of the molecule is Cc1cccc(CCNc2cc[nH]c(=O)c2-c2nc3c(C)cc(N4CCN(CCF)CC4)cc3[nH]2)c1. The Bertz CT molecular complexity index is 1400. The van der Waals surface area contributed by atoms with Crippen LogP contribution in [0.2, 0.25) is 0 Å². The summed E-state index contributed by atoms with van der Waals surface area (Å²) >= 11 is 0. The fraction of sp³-hybridized carbons (Fsp3) is 0.357. The van der Waals surface area contributed by atoms with Crippen LogP contribution < -0.4 is 15.8 Å². The summed E-state index contributed by atoms with van der Waals surface area (Å²) in [6, 6.07) is 14.6. The molecule has 4 aromatic rings. The van der Waals surface area contributed by atoms with E-state index in [2.05, 4.69) is 68.4 Å². The number of aromatic nitrogens is 3. The molecule has 1 aliphatic rings. The molecule has 0 radical (unpaired) electrons. The Kier molecular flexibility index (Phi) is 7.04. The predicted octanol–water partition coefficient (Wildman–Crippen LogP) is 4.28. The summed E-state index contributed by atoms with van der Waals surface area (Å²) in [5, 5.41) is 3.44. The molecule has 0 aliphatic carbocycles. The standard InChI is InChI=1S/C28H33FN6O/c1-19-4-3-5-21(16-19)6-9-30-23-7-10-31-28(36)25(23)27-32-24-18-22(17-20(2)26(24)33-27)35-14-12-34(11-8-29)13-15-35/h3-5,7,10,16-18H,6,8-9,11-15H2,1-2H3,(H,32,33)(H2,30,31,36). The molecular weight excluding hydrogens is 455 g/mol. The van der Waals surface area contributed by atoms with Crippen LogP contribution in [0.5, 0.6) is 0 Å². The Balaban J connectivity index is 1.38. The molecule has 0 bridgehead atoms. The zero-order chi connectivity index (χ0) is 25.1. The summed E-state index contributed by atoms with van der Waals surface area (Å²) in [7, 11) is 0. The molecule has 1 aliphatic heterocycles. The van der Waals surface area contributed by atoms with Crippen LogP contribution in [0.1, 0.15) is 16.7 Å². The highest BCUT2D eigenvalue weighted by Gasteiger charge is 2.20. The number of hydrogen-bond acceptors (Lipinski definition) is 5. The number of benzene rings is 2. The van der Waals surface area contributed by atoms with E-state index in [1.165, 1.54) is 11.1 Å². The lowest BCUT2D eigenvalue weighted by atomic mass is 10.1. The first kappa shape index (κ1) is 24.1. The van der Waals surface area contributed by atoms with Gasteiger partial charge >= 0.3 is 0 Å². The van der Waals surface area contributed by atoms with E-state index < -0.39 is 0 Å². The molecule has 0 spiro atoms. The first-order valence-electron chi connectivity index (χ1n) is 12.6. The number of fused-ring (bicyclic) bond motifs is 1. The van der Waals surface area contributed by atoms with Crippen molar-refractivity contribution in [2.24, 2.45) is 0 Å². The van der Waals surface area contributed by atoms with Crippen LogP contribution in [0.4, 0.5) is 15.8 Å². The van der Waals surface area contributed by atoms with Gasteiger partial charge in [-0.15, -0.1) is 0 Å². The van der Waals surface area contributed by atoms with E-state index in [1.54, 1.807) is 6.20 Å². The van der Waals surface area contributed by atoms with Crippen molar-refractivity contribution in [3.8, 4) is 11.4 Å². The summed E-state index contributed by atoms with van der Waals surface area (Å²) < 4.78 is 12.7. The molecule has 0 atom stereocenters. The van der Waals surface area contributed by atoms with Crippen molar-refractivity contribution in [1.82, 2.24) is 19.9 Å². The number of aromatic amines is 2. The number of nitrogens with one attached hydrogen (secondary N) is 3. The second-order valence-electron chi connectivity index (χ2n) is 9.52. The molecule has 5 rings (SSSR count). The maximum atomic E-state index is 12.9. The van der Waals surface area contributed by atoms with Gasteiger partial charge in [-0.05, 0) is 49.6 Å². The van der Waals surface area contributed by atoms with Crippen molar-refractivity contribution in [3.05, 3.63) is 75.7 Å². The Morgan fingerprint density at radius 2 is 1.92 bits per heavy atom. The monoisotopic (exact) mass is 488 g/mol. The number of pyridine rings is 1.